The van der Waals surface area contributed by atoms with Gasteiger partial charge in [0.05, 0.1) is 6.61 Å². The lowest BCUT2D eigenvalue weighted by Crippen LogP contribution is -2.39. The van der Waals surface area contributed by atoms with Crippen LogP contribution in [0.15, 0.2) is 24.8 Å². The second-order valence-electron chi connectivity index (χ2n) is 6.07. The van der Waals surface area contributed by atoms with E-state index < -0.39 is 0 Å². The van der Waals surface area contributed by atoms with E-state index in [1.54, 1.807) is 0 Å². The highest BCUT2D eigenvalue weighted by atomic mass is 79.9. The zero-order chi connectivity index (χ0) is 14.6. The zero-order valence-electron chi connectivity index (χ0n) is 12.2. The summed E-state index contributed by atoms with van der Waals surface area (Å²) in [7, 11) is 0. The molecule has 0 bridgehead atoms. The maximum Gasteiger partial charge on any atom is 0.302 e. The van der Waals surface area contributed by atoms with E-state index in [9.17, 15) is 4.79 Å². The van der Waals surface area contributed by atoms with Gasteiger partial charge in [-0.3, -0.25) is 4.79 Å². The molecule has 1 aliphatic carbocycles. The topological polar surface area (TPSA) is 26.3 Å². The number of carbonyl (C=O) groups excluding carboxylic acids is 1. The predicted octanol–water partition coefficient (Wildman–Crippen LogP) is 4.50. The third-order valence-electron chi connectivity index (χ3n) is 4.29. The lowest BCUT2D eigenvalue weighted by molar-refractivity contribution is -0.142. The van der Waals surface area contributed by atoms with Crippen molar-refractivity contribution in [3.05, 3.63) is 24.8 Å². The summed E-state index contributed by atoms with van der Waals surface area (Å²) in [5.41, 5.74) is 1.49. The Labute approximate surface area is 125 Å². The minimum Gasteiger partial charge on any atom is -0.465 e. The van der Waals surface area contributed by atoms with Crippen molar-refractivity contribution < 1.29 is 9.53 Å². The number of hydrogen-bond acceptors (Lipinski definition) is 2. The normalized spacial score (nSPS) is 27.7. The molecule has 0 aromatic rings. The lowest BCUT2D eigenvalue weighted by atomic mass is 9.64. The molecule has 1 rings (SSSR count). The third-order valence-corrected chi connectivity index (χ3v) is 5.93. The van der Waals surface area contributed by atoms with E-state index in [-0.39, 0.29) is 17.3 Å². The Morgan fingerprint density at radius 2 is 2.26 bits per heavy atom. The number of carbonyl (C=O) groups is 1. The first-order valence-corrected chi connectivity index (χ1v) is 7.78. The van der Waals surface area contributed by atoms with Crippen LogP contribution in [0, 0.1) is 17.3 Å². The summed E-state index contributed by atoms with van der Waals surface area (Å²) in [4.78, 5) is 11.4. The van der Waals surface area contributed by atoms with Gasteiger partial charge in [0.15, 0.2) is 0 Å². The Morgan fingerprint density at radius 3 is 2.79 bits per heavy atom. The Morgan fingerprint density at radius 1 is 1.63 bits per heavy atom. The van der Waals surface area contributed by atoms with Crippen molar-refractivity contribution in [3.8, 4) is 0 Å². The molecule has 3 atom stereocenters. The maximum atomic E-state index is 10.9. The fourth-order valence-corrected chi connectivity index (χ4v) is 3.38. The third kappa shape index (κ3) is 4.20. The number of esters is 1. The molecule has 0 saturated heterocycles. The highest BCUT2D eigenvalue weighted by Crippen LogP contribution is 2.49. The molecule has 1 saturated carbocycles. The van der Waals surface area contributed by atoms with Gasteiger partial charge < -0.3 is 4.74 Å². The van der Waals surface area contributed by atoms with Crippen molar-refractivity contribution in [2.75, 3.05) is 6.61 Å². The minimum atomic E-state index is -0.230. The monoisotopic (exact) mass is 328 g/mol. The van der Waals surface area contributed by atoms with E-state index in [0.29, 0.717) is 17.4 Å². The maximum absolute atomic E-state index is 10.9. The highest BCUT2D eigenvalue weighted by Gasteiger charge is 2.41. The molecule has 0 spiro atoms. The molecule has 3 unspecified atom stereocenters. The summed E-state index contributed by atoms with van der Waals surface area (Å²) in [6, 6.07) is 0. The van der Waals surface area contributed by atoms with Gasteiger partial charge in [0, 0.05) is 17.7 Å². The average molecular weight is 329 g/mol. The molecule has 0 aromatic carbocycles. The number of rotatable bonds is 5. The van der Waals surface area contributed by atoms with E-state index in [1.165, 1.54) is 12.5 Å². The minimum absolute atomic E-state index is 0.173. The number of allylic oxidation sites excluding steroid dienone is 1. The van der Waals surface area contributed by atoms with Crippen molar-refractivity contribution in [2.24, 2.45) is 17.3 Å². The second kappa shape index (κ2) is 6.74. The average Bonchev–Trinajstić information content (AvgIpc) is 2.33. The van der Waals surface area contributed by atoms with Crippen LogP contribution in [0.1, 0.15) is 40.0 Å². The van der Waals surface area contributed by atoms with Gasteiger partial charge in [-0.25, -0.2) is 0 Å². The molecular formula is C16H25BrO2. The molecule has 3 heteroatoms. The van der Waals surface area contributed by atoms with Crippen LogP contribution in [0.25, 0.3) is 0 Å². The van der Waals surface area contributed by atoms with Crippen LogP contribution in [0.4, 0.5) is 0 Å². The van der Waals surface area contributed by atoms with Gasteiger partial charge in [0.25, 0.3) is 0 Å². The Hall–Kier alpha value is -0.570. The number of halogens is 1. The van der Waals surface area contributed by atoms with Crippen LogP contribution in [0.2, 0.25) is 0 Å². The van der Waals surface area contributed by atoms with Crippen molar-refractivity contribution >= 4 is 21.9 Å². The van der Waals surface area contributed by atoms with Crippen LogP contribution in [-0.2, 0) is 9.53 Å². The standard InChI is InChI=1S/C16H25BrO2/c1-6-13(10-19-12(3)18)9-14-11(2)7-8-15(17)16(14,4)5/h6,13-15H,1-2,7-10H2,3-5H3. The van der Waals surface area contributed by atoms with Crippen LogP contribution >= 0.6 is 15.9 Å². The number of alkyl halides is 1. The van der Waals surface area contributed by atoms with Crippen molar-refractivity contribution in [1.82, 2.24) is 0 Å². The van der Waals surface area contributed by atoms with E-state index in [0.717, 1.165) is 19.3 Å². The molecule has 0 aliphatic heterocycles. The van der Waals surface area contributed by atoms with Crippen molar-refractivity contribution in [3.63, 3.8) is 0 Å². The summed E-state index contributed by atoms with van der Waals surface area (Å²) in [5, 5.41) is 0. The van der Waals surface area contributed by atoms with Gasteiger partial charge in [0.2, 0.25) is 0 Å². The van der Waals surface area contributed by atoms with Gasteiger partial charge in [-0.15, -0.1) is 6.58 Å². The molecule has 1 aliphatic rings. The van der Waals surface area contributed by atoms with E-state index in [4.69, 9.17) is 4.74 Å². The molecule has 0 amide bonds. The first kappa shape index (κ1) is 16.5. The fourth-order valence-electron chi connectivity index (χ4n) is 2.83. The van der Waals surface area contributed by atoms with Crippen LogP contribution in [-0.4, -0.2) is 17.4 Å². The molecule has 0 aromatic heterocycles. The largest absolute Gasteiger partial charge is 0.465 e. The molecular weight excluding hydrogens is 304 g/mol. The summed E-state index contributed by atoms with van der Waals surface area (Å²) in [6.45, 7) is 14.5. The van der Waals surface area contributed by atoms with Crippen LogP contribution < -0.4 is 0 Å². The smallest absolute Gasteiger partial charge is 0.302 e. The summed E-state index contributed by atoms with van der Waals surface area (Å²) >= 11 is 3.80. The second-order valence-corrected chi connectivity index (χ2v) is 7.18. The predicted molar refractivity (Wildman–Crippen MR) is 83.3 cm³/mol. The van der Waals surface area contributed by atoms with Gasteiger partial charge in [-0.05, 0) is 30.6 Å². The zero-order valence-corrected chi connectivity index (χ0v) is 13.8. The van der Waals surface area contributed by atoms with Crippen LogP contribution in [0.3, 0.4) is 0 Å². The van der Waals surface area contributed by atoms with Gasteiger partial charge >= 0.3 is 5.97 Å². The van der Waals surface area contributed by atoms with Gasteiger partial charge in [-0.2, -0.15) is 0 Å². The first-order chi connectivity index (χ1) is 8.78. The number of hydrogen-bond donors (Lipinski definition) is 0. The molecule has 0 heterocycles. The molecule has 1 fully saturated rings. The molecule has 108 valence electrons. The Bertz CT molecular complexity index is 360. The van der Waals surface area contributed by atoms with E-state index in [2.05, 4.69) is 42.9 Å². The van der Waals surface area contributed by atoms with E-state index >= 15 is 0 Å². The van der Waals surface area contributed by atoms with Crippen molar-refractivity contribution in [2.45, 2.75) is 44.9 Å². The molecule has 0 N–H and O–H groups in total. The van der Waals surface area contributed by atoms with Gasteiger partial charge in [-0.1, -0.05) is 48.0 Å². The van der Waals surface area contributed by atoms with Gasteiger partial charge in [0.1, 0.15) is 0 Å². The fraction of sp³-hybridized carbons (Fsp3) is 0.688. The highest BCUT2D eigenvalue weighted by molar-refractivity contribution is 9.09. The summed E-state index contributed by atoms with van der Waals surface area (Å²) in [6.07, 6.45) is 5.06. The molecule has 0 radical (unpaired) electrons. The Balaban J connectivity index is 2.72. The van der Waals surface area contributed by atoms with E-state index in [1.807, 2.05) is 6.08 Å². The van der Waals surface area contributed by atoms with Crippen LogP contribution in [0.5, 0.6) is 0 Å². The quantitative estimate of drug-likeness (QED) is 0.422. The Kier molecular flexibility index (Phi) is 5.84. The lowest BCUT2D eigenvalue weighted by Gasteiger charge is -2.45. The molecule has 19 heavy (non-hydrogen) atoms. The number of ether oxygens (including phenoxy) is 1. The summed E-state index contributed by atoms with van der Waals surface area (Å²) < 4.78 is 5.12. The summed E-state index contributed by atoms with van der Waals surface area (Å²) in [5.74, 6) is 0.402. The molecule has 2 nitrogen and oxygen atoms in total. The SMILES string of the molecule is C=CC(COC(C)=O)CC1C(=C)CCC(Br)C1(C)C. The van der Waals surface area contributed by atoms with Crippen molar-refractivity contribution in [1.29, 1.82) is 0 Å². The first-order valence-electron chi connectivity index (χ1n) is 6.86.